The fraction of sp³-hybridized carbons (Fsp3) is 0.381. The molecule has 0 bridgehead atoms. The molecule has 8 heteroatoms. The molecule has 0 aliphatic carbocycles. The number of benzene rings is 1. The molecule has 0 spiro atoms. The summed E-state index contributed by atoms with van der Waals surface area (Å²) < 4.78 is 8.08. The fourth-order valence-electron chi connectivity index (χ4n) is 3.54. The summed E-state index contributed by atoms with van der Waals surface area (Å²) in [5.74, 6) is 0.0233. The van der Waals surface area contributed by atoms with Gasteiger partial charge >= 0.3 is 0 Å². The molecule has 3 heterocycles. The Morgan fingerprint density at radius 2 is 2.28 bits per heavy atom. The van der Waals surface area contributed by atoms with Gasteiger partial charge in [0.2, 0.25) is 5.91 Å². The van der Waals surface area contributed by atoms with Crippen LogP contribution in [0.2, 0.25) is 0 Å². The lowest BCUT2D eigenvalue weighted by Crippen LogP contribution is -2.37. The molecule has 1 saturated heterocycles. The molecule has 1 aromatic carbocycles. The third kappa shape index (κ3) is 4.94. The minimum Gasteiger partial charge on any atom is -0.376 e. The van der Waals surface area contributed by atoms with E-state index in [1.54, 1.807) is 23.5 Å². The second-order valence-electron chi connectivity index (χ2n) is 7.14. The zero-order valence-electron chi connectivity index (χ0n) is 15.9. The highest BCUT2D eigenvalue weighted by atomic mass is 79.9. The molecule has 6 nitrogen and oxygen atoms in total. The number of amides is 1. The molecule has 1 unspecified atom stereocenters. The van der Waals surface area contributed by atoms with Crippen LogP contribution in [0.1, 0.15) is 24.1 Å². The predicted molar refractivity (Wildman–Crippen MR) is 117 cm³/mol. The SMILES string of the molecule is O=C(CCn1cnc2ccc(Br)cc2c1=O)N(Cc1cccs1)CC1CCCO1. The molecule has 0 radical (unpaired) electrons. The Labute approximate surface area is 181 Å². The Bertz CT molecular complexity index is 1050. The van der Waals surface area contributed by atoms with Crippen molar-refractivity contribution in [2.75, 3.05) is 13.2 Å². The molecule has 3 aromatic rings. The first-order valence-electron chi connectivity index (χ1n) is 9.66. The number of fused-ring (bicyclic) bond motifs is 1. The normalized spacial score (nSPS) is 16.4. The first kappa shape index (κ1) is 20.3. The van der Waals surface area contributed by atoms with Gasteiger partial charge in [-0.05, 0) is 42.5 Å². The molecule has 29 heavy (non-hydrogen) atoms. The van der Waals surface area contributed by atoms with Crippen LogP contribution in [0.25, 0.3) is 10.9 Å². The van der Waals surface area contributed by atoms with Gasteiger partial charge in [-0.25, -0.2) is 4.98 Å². The van der Waals surface area contributed by atoms with Gasteiger partial charge in [0.25, 0.3) is 5.56 Å². The number of hydrogen-bond donors (Lipinski definition) is 0. The van der Waals surface area contributed by atoms with E-state index in [2.05, 4.69) is 20.9 Å². The van der Waals surface area contributed by atoms with E-state index in [1.807, 2.05) is 28.5 Å². The van der Waals surface area contributed by atoms with Gasteiger partial charge in [0.15, 0.2) is 0 Å². The van der Waals surface area contributed by atoms with E-state index in [0.717, 1.165) is 28.8 Å². The number of aryl methyl sites for hydroxylation is 1. The number of hydrogen-bond acceptors (Lipinski definition) is 5. The monoisotopic (exact) mass is 475 g/mol. The van der Waals surface area contributed by atoms with Crippen molar-refractivity contribution in [2.45, 2.75) is 38.5 Å². The van der Waals surface area contributed by atoms with E-state index in [-0.39, 0.29) is 24.0 Å². The minimum atomic E-state index is -0.131. The first-order valence-corrected chi connectivity index (χ1v) is 11.3. The maximum atomic E-state index is 13.0. The number of thiophene rings is 1. The van der Waals surface area contributed by atoms with E-state index in [1.165, 1.54) is 10.9 Å². The van der Waals surface area contributed by atoms with Gasteiger partial charge in [-0.1, -0.05) is 22.0 Å². The van der Waals surface area contributed by atoms with Crippen molar-refractivity contribution >= 4 is 44.1 Å². The van der Waals surface area contributed by atoms with Crippen LogP contribution in [0.15, 0.2) is 51.3 Å². The van der Waals surface area contributed by atoms with Gasteiger partial charge in [0.1, 0.15) is 0 Å². The predicted octanol–water partition coefficient (Wildman–Crippen LogP) is 3.82. The smallest absolute Gasteiger partial charge is 0.261 e. The third-order valence-electron chi connectivity index (χ3n) is 5.08. The maximum absolute atomic E-state index is 13.0. The van der Waals surface area contributed by atoms with Crippen LogP contribution < -0.4 is 5.56 Å². The van der Waals surface area contributed by atoms with Crippen LogP contribution in [0.4, 0.5) is 0 Å². The summed E-state index contributed by atoms with van der Waals surface area (Å²) in [6.45, 7) is 2.24. The molecule has 152 valence electrons. The van der Waals surface area contributed by atoms with Gasteiger partial charge < -0.3 is 9.64 Å². The molecule has 4 rings (SSSR count). The van der Waals surface area contributed by atoms with Crippen LogP contribution >= 0.6 is 27.3 Å². The average Bonchev–Trinajstić information content (AvgIpc) is 3.41. The lowest BCUT2D eigenvalue weighted by Gasteiger charge is -2.25. The molecule has 0 saturated carbocycles. The third-order valence-corrected chi connectivity index (χ3v) is 6.43. The molecule has 1 fully saturated rings. The van der Waals surface area contributed by atoms with Crippen molar-refractivity contribution in [3.8, 4) is 0 Å². The van der Waals surface area contributed by atoms with Crippen molar-refractivity contribution in [2.24, 2.45) is 0 Å². The summed E-state index contributed by atoms with van der Waals surface area (Å²) in [4.78, 5) is 33.1. The summed E-state index contributed by atoms with van der Waals surface area (Å²) in [5.41, 5.74) is 0.520. The molecule has 2 aromatic heterocycles. The Balaban J connectivity index is 1.47. The second kappa shape index (κ2) is 9.19. The molecule has 1 atom stereocenters. The Hall–Kier alpha value is -2.03. The number of carbonyl (C=O) groups is 1. The first-order chi connectivity index (χ1) is 14.1. The van der Waals surface area contributed by atoms with Crippen LogP contribution in [0.5, 0.6) is 0 Å². The molecular formula is C21H22BrN3O3S. The highest BCUT2D eigenvalue weighted by Gasteiger charge is 2.23. The van der Waals surface area contributed by atoms with Crippen LogP contribution in [-0.2, 0) is 22.6 Å². The van der Waals surface area contributed by atoms with E-state index in [9.17, 15) is 9.59 Å². The van der Waals surface area contributed by atoms with Gasteiger partial charge in [0, 0.05) is 35.5 Å². The summed E-state index contributed by atoms with van der Waals surface area (Å²) in [5, 5.41) is 2.56. The fourth-order valence-corrected chi connectivity index (χ4v) is 4.62. The summed E-state index contributed by atoms with van der Waals surface area (Å²) in [6, 6.07) is 9.46. The number of nitrogens with zero attached hydrogens (tertiary/aromatic N) is 3. The van der Waals surface area contributed by atoms with Crippen molar-refractivity contribution < 1.29 is 9.53 Å². The van der Waals surface area contributed by atoms with Crippen LogP contribution in [-0.4, -0.2) is 39.6 Å². The lowest BCUT2D eigenvalue weighted by atomic mass is 10.2. The summed E-state index contributed by atoms with van der Waals surface area (Å²) >= 11 is 5.04. The van der Waals surface area contributed by atoms with Crippen molar-refractivity contribution in [3.63, 3.8) is 0 Å². The standard InChI is InChI=1S/C21H22BrN3O3S/c22-15-5-6-19-18(11-15)21(27)24(14-23-19)8-7-20(26)25(12-16-3-1-9-28-16)13-17-4-2-10-29-17/h2,4-6,10-11,14,16H,1,3,7-9,12-13H2. The van der Waals surface area contributed by atoms with Gasteiger partial charge in [-0.2, -0.15) is 0 Å². The number of carbonyl (C=O) groups excluding carboxylic acids is 1. The number of ether oxygens (including phenoxy) is 1. The quantitative estimate of drug-likeness (QED) is 0.520. The van der Waals surface area contributed by atoms with Crippen LogP contribution in [0, 0.1) is 0 Å². The van der Waals surface area contributed by atoms with Crippen molar-refractivity contribution in [1.82, 2.24) is 14.5 Å². The van der Waals surface area contributed by atoms with E-state index >= 15 is 0 Å². The number of rotatable bonds is 7. The zero-order chi connectivity index (χ0) is 20.2. The molecule has 1 aliphatic heterocycles. The number of aromatic nitrogens is 2. The second-order valence-corrected chi connectivity index (χ2v) is 9.09. The molecule has 0 N–H and O–H groups in total. The zero-order valence-corrected chi connectivity index (χ0v) is 18.3. The summed E-state index contributed by atoms with van der Waals surface area (Å²) in [7, 11) is 0. The molecule has 1 aliphatic rings. The maximum Gasteiger partial charge on any atom is 0.261 e. The Morgan fingerprint density at radius 3 is 3.03 bits per heavy atom. The van der Waals surface area contributed by atoms with Gasteiger partial charge in [-0.15, -0.1) is 11.3 Å². The molecule has 1 amide bonds. The van der Waals surface area contributed by atoms with E-state index in [0.29, 0.717) is 30.5 Å². The highest BCUT2D eigenvalue weighted by molar-refractivity contribution is 9.10. The van der Waals surface area contributed by atoms with Gasteiger partial charge in [-0.3, -0.25) is 14.2 Å². The topological polar surface area (TPSA) is 64.4 Å². The highest BCUT2D eigenvalue weighted by Crippen LogP contribution is 2.18. The summed E-state index contributed by atoms with van der Waals surface area (Å²) in [6.07, 6.45) is 3.90. The van der Waals surface area contributed by atoms with Crippen molar-refractivity contribution in [1.29, 1.82) is 0 Å². The van der Waals surface area contributed by atoms with Gasteiger partial charge in [0.05, 0.1) is 29.9 Å². The van der Waals surface area contributed by atoms with Crippen LogP contribution in [0.3, 0.4) is 0 Å². The average molecular weight is 476 g/mol. The number of halogens is 1. The van der Waals surface area contributed by atoms with E-state index in [4.69, 9.17) is 4.74 Å². The lowest BCUT2D eigenvalue weighted by molar-refractivity contribution is -0.133. The largest absolute Gasteiger partial charge is 0.376 e. The Kier molecular flexibility index (Phi) is 6.42. The van der Waals surface area contributed by atoms with E-state index < -0.39 is 0 Å². The minimum absolute atomic E-state index is 0.0233. The van der Waals surface area contributed by atoms with Crippen molar-refractivity contribution in [3.05, 3.63) is 61.7 Å². The Morgan fingerprint density at radius 1 is 1.38 bits per heavy atom. The molecular weight excluding hydrogens is 454 g/mol.